The molecule has 2 unspecified atom stereocenters. The Labute approximate surface area is 97.9 Å². The van der Waals surface area contributed by atoms with Crippen LogP contribution >= 0.6 is 0 Å². The third kappa shape index (κ3) is 3.32. The van der Waals surface area contributed by atoms with Crippen molar-refractivity contribution in [2.75, 3.05) is 13.1 Å². The van der Waals surface area contributed by atoms with Crippen LogP contribution < -0.4 is 0 Å². The number of aliphatic hydroxyl groups excluding tert-OH is 1. The van der Waals surface area contributed by atoms with Crippen molar-refractivity contribution < 1.29 is 5.11 Å². The van der Waals surface area contributed by atoms with Crippen LogP contribution in [0.1, 0.15) is 25.3 Å². The minimum absolute atomic E-state index is 0.151. The van der Waals surface area contributed by atoms with E-state index in [1.54, 1.807) is 0 Å². The minimum atomic E-state index is -0.151. The molecule has 0 saturated carbocycles. The zero-order valence-electron chi connectivity index (χ0n) is 9.97. The number of benzene rings is 1. The first-order valence-corrected chi connectivity index (χ1v) is 6.18. The van der Waals surface area contributed by atoms with Crippen LogP contribution in [0.5, 0.6) is 0 Å². The quantitative estimate of drug-likeness (QED) is 0.839. The van der Waals surface area contributed by atoms with Gasteiger partial charge in [-0.15, -0.1) is 0 Å². The van der Waals surface area contributed by atoms with Crippen molar-refractivity contribution in [1.82, 2.24) is 4.90 Å². The Morgan fingerprint density at radius 2 is 2.12 bits per heavy atom. The standard InChI is InChI=1S/C14H21NO/c1-12(16)9-14-7-8-15(11-14)10-13-5-3-2-4-6-13/h2-6,12,14,16H,7-11H2,1H3. The van der Waals surface area contributed by atoms with Crippen LogP contribution in [0.4, 0.5) is 0 Å². The smallest absolute Gasteiger partial charge is 0.0515 e. The molecule has 1 heterocycles. The number of aliphatic hydroxyl groups is 1. The fraction of sp³-hybridized carbons (Fsp3) is 0.571. The van der Waals surface area contributed by atoms with Crippen molar-refractivity contribution in [3.05, 3.63) is 35.9 Å². The van der Waals surface area contributed by atoms with E-state index >= 15 is 0 Å². The van der Waals surface area contributed by atoms with Crippen molar-refractivity contribution in [2.24, 2.45) is 5.92 Å². The first-order valence-electron chi connectivity index (χ1n) is 6.18. The molecule has 0 amide bonds. The van der Waals surface area contributed by atoms with E-state index in [0.717, 1.165) is 19.5 Å². The van der Waals surface area contributed by atoms with E-state index in [-0.39, 0.29) is 6.10 Å². The fourth-order valence-electron chi connectivity index (χ4n) is 2.57. The fourth-order valence-corrected chi connectivity index (χ4v) is 2.57. The zero-order valence-corrected chi connectivity index (χ0v) is 9.97. The molecule has 2 atom stereocenters. The van der Waals surface area contributed by atoms with Crippen LogP contribution in [-0.2, 0) is 6.54 Å². The van der Waals surface area contributed by atoms with E-state index in [0.29, 0.717) is 5.92 Å². The largest absolute Gasteiger partial charge is 0.393 e. The molecule has 1 fully saturated rings. The Morgan fingerprint density at radius 3 is 2.81 bits per heavy atom. The molecular weight excluding hydrogens is 198 g/mol. The van der Waals surface area contributed by atoms with Crippen molar-refractivity contribution in [3.8, 4) is 0 Å². The lowest BCUT2D eigenvalue weighted by Gasteiger charge is -2.16. The van der Waals surface area contributed by atoms with E-state index in [1.165, 1.54) is 18.5 Å². The molecule has 1 aliphatic rings. The van der Waals surface area contributed by atoms with Crippen molar-refractivity contribution >= 4 is 0 Å². The van der Waals surface area contributed by atoms with Gasteiger partial charge in [-0.3, -0.25) is 4.90 Å². The van der Waals surface area contributed by atoms with Gasteiger partial charge in [0.25, 0.3) is 0 Å². The van der Waals surface area contributed by atoms with E-state index in [1.807, 2.05) is 6.92 Å². The molecule has 0 spiro atoms. The molecule has 1 aromatic rings. The lowest BCUT2D eigenvalue weighted by atomic mass is 10.0. The van der Waals surface area contributed by atoms with Gasteiger partial charge in [0.05, 0.1) is 6.10 Å². The van der Waals surface area contributed by atoms with Crippen LogP contribution in [0.15, 0.2) is 30.3 Å². The molecule has 1 saturated heterocycles. The van der Waals surface area contributed by atoms with Gasteiger partial charge in [-0.25, -0.2) is 0 Å². The van der Waals surface area contributed by atoms with Gasteiger partial charge in [0.2, 0.25) is 0 Å². The second-order valence-electron chi connectivity index (χ2n) is 4.96. The summed E-state index contributed by atoms with van der Waals surface area (Å²) >= 11 is 0. The normalized spacial score (nSPS) is 23.5. The molecule has 0 aromatic heterocycles. The first-order chi connectivity index (χ1) is 7.74. The highest BCUT2D eigenvalue weighted by atomic mass is 16.3. The molecule has 1 aliphatic heterocycles. The van der Waals surface area contributed by atoms with Crippen LogP contribution in [0, 0.1) is 5.92 Å². The van der Waals surface area contributed by atoms with E-state index in [9.17, 15) is 5.11 Å². The summed E-state index contributed by atoms with van der Waals surface area (Å²) in [5, 5.41) is 9.37. The number of nitrogens with zero attached hydrogens (tertiary/aromatic N) is 1. The highest BCUT2D eigenvalue weighted by Gasteiger charge is 2.23. The predicted molar refractivity (Wildman–Crippen MR) is 66.1 cm³/mol. The third-order valence-electron chi connectivity index (χ3n) is 3.29. The average Bonchev–Trinajstić information content (AvgIpc) is 2.66. The van der Waals surface area contributed by atoms with Gasteiger partial charge in [-0.2, -0.15) is 0 Å². The SMILES string of the molecule is CC(O)CC1CCN(Cc2ccccc2)C1. The maximum Gasteiger partial charge on any atom is 0.0515 e. The predicted octanol–water partition coefficient (Wildman–Crippen LogP) is 2.28. The minimum Gasteiger partial charge on any atom is -0.393 e. The monoisotopic (exact) mass is 219 g/mol. The maximum atomic E-state index is 9.37. The molecule has 0 aliphatic carbocycles. The third-order valence-corrected chi connectivity index (χ3v) is 3.29. The Balaban J connectivity index is 1.81. The summed E-state index contributed by atoms with van der Waals surface area (Å²) in [5.74, 6) is 0.684. The molecule has 0 radical (unpaired) electrons. The molecule has 1 N–H and O–H groups in total. The van der Waals surface area contributed by atoms with Gasteiger partial charge in [0.15, 0.2) is 0 Å². The summed E-state index contributed by atoms with van der Waals surface area (Å²) in [4.78, 5) is 2.49. The second-order valence-corrected chi connectivity index (χ2v) is 4.96. The van der Waals surface area contributed by atoms with E-state index in [4.69, 9.17) is 0 Å². The molecule has 2 rings (SSSR count). The summed E-state index contributed by atoms with van der Waals surface area (Å²) in [6.45, 7) is 5.25. The van der Waals surface area contributed by atoms with E-state index in [2.05, 4.69) is 35.2 Å². The average molecular weight is 219 g/mol. The molecule has 2 heteroatoms. The van der Waals surface area contributed by atoms with Gasteiger partial charge in [0, 0.05) is 13.1 Å². The number of likely N-dealkylation sites (tertiary alicyclic amines) is 1. The highest BCUT2D eigenvalue weighted by Crippen LogP contribution is 2.22. The molecule has 1 aromatic carbocycles. The topological polar surface area (TPSA) is 23.5 Å². The molecule has 2 nitrogen and oxygen atoms in total. The summed E-state index contributed by atoms with van der Waals surface area (Å²) in [6, 6.07) is 10.6. The Kier molecular flexibility index (Phi) is 3.97. The van der Waals surface area contributed by atoms with Gasteiger partial charge in [-0.05, 0) is 37.8 Å². The molecule has 16 heavy (non-hydrogen) atoms. The molecule has 0 bridgehead atoms. The van der Waals surface area contributed by atoms with Crippen molar-refractivity contribution in [1.29, 1.82) is 0 Å². The van der Waals surface area contributed by atoms with Crippen LogP contribution in [0.25, 0.3) is 0 Å². The Morgan fingerprint density at radius 1 is 1.38 bits per heavy atom. The van der Waals surface area contributed by atoms with Gasteiger partial charge in [0.1, 0.15) is 0 Å². The lowest BCUT2D eigenvalue weighted by molar-refractivity contribution is 0.160. The number of hydrogen-bond donors (Lipinski definition) is 1. The Hall–Kier alpha value is -0.860. The Bertz CT molecular complexity index is 310. The maximum absolute atomic E-state index is 9.37. The lowest BCUT2D eigenvalue weighted by Crippen LogP contribution is -2.21. The summed E-state index contributed by atoms with van der Waals surface area (Å²) in [5.41, 5.74) is 1.39. The number of hydrogen-bond acceptors (Lipinski definition) is 2. The van der Waals surface area contributed by atoms with Crippen molar-refractivity contribution in [3.63, 3.8) is 0 Å². The van der Waals surface area contributed by atoms with Crippen LogP contribution in [0.3, 0.4) is 0 Å². The van der Waals surface area contributed by atoms with Gasteiger partial charge in [-0.1, -0.05) is 30.3 Å². The van der Waals surface area contributed by atoms with Gasteiger partial charge >= 0.3 is 0 Å². The van der Waals surface area contributed by atoms with E-state index < -0.39 is 0 Å². The van der Waals surface area contributed by atoms with Crippen LogP contribution in [-0.4, -0.2) is 29.2 Å². The summed E-state index contributed by atoms with van der Waals surface area (Å²) in [7, 11) is 0. The number of rotatable bonds is 4. The van der Waals surface area contributed by atoms with Gasteiger partial charge < -0.3 is 5.11 Å². The van der Waals surface area contributed by atoms with Crippen LogP contribution in [0.2, 0.25) is 0 Å². The summed E-state index contributed by atoms with van der Waals surface area (Å²) < 4.78 is 0. The first kappa shape index (κ1) is 11.6. The molecule has 88 valence electrons. The zero-order chi connectivity index (χ0) is 11.4. The van der Waals surface area contributed by atoms with Crippen molar-refractivity contribution in [2.45, 2.75) is 32.4 Å². The summed E-state index contributed by atoms with van der Waals surface area (Å²) in [6.07, 6.45) is 2.03. The second kappa shape index (κ2) is 5.46. The molecular formula is C14H21NO. The highest BCUT2D eigenvalue weighted by molar-refractivity contribution is 5.14.